The van der Waals surface area contributed by atoms with Gasteiger partial charge in [-0.15, -0.1) is 0 Å². The Morgan fingerprint density at radius 2 is 0.870 bits per heavy atom. The van der Waals surface area contributed by atoms with Crippen molar-refractivity contribution in [2.75, 3.05) is 6.54 Å². The molecule has 0 radical (unpaired) electrons. The molecule has 0 aromatic heterocycles. The lowest BCUT2D eigenvalue weighted by molar-refractivity contribution is -0.150. The van der Waals surface area contributed by atoms with Crippen LogP contribution in [0.4, 0.5) is 0 Å². The van der Waals surface area contributed by atoms with Crippen LogP contribution in [0.1, 0.15) is 213 Å². The Hall–Kier alpha value is -2.89. The second kappa shape index (κ2) is 42.8. The Morgan fingerprint density at radius 1 is 0.481 bits per heavy atom. The molecule has 6 nitrogen and oxygen atoms in total. The molecule has 0 aliphatic heterocycles. The Balaban J connectivity index is 4.24. The molecule has 0 rings (SSSR count). The van der Waals surface area contributed by atoms with E-state index in [0.717, 1.165) is 96.3 Å². The Morgan fingerprint density at radius 3 is 1.41 bits per heavy atom. The zero-order valence-corrected chi connectivity index (χ0v) is 35.1. The van der Waals surface area contributed by atoms with E-state index < -0.39 is 5.97 Å². The number of carbonyl (C=O) groups excluding carboxylic acids is 2. The fraction of sp³-hybridized carbons (Fsp3) is 0.729. The van der Waals surface area contributed by atoms with Gasteiger partial charge < -0.3 is 15.2 Å². The van der Waals surface area contributed by atoms with Crippen molar-refractivity contribution in [2.24, 2.45) is 0 Å². The van der Waals surface area contributed by atoms with E-state index in [0.29, 0.717) is 12.8 Å². The van der Waals surface area contributed by atoms with Crippen molar-refractivity contribution < 1.29 is 24.2 Å². The van der Waals surface area contributed by atoms with Crippen LogP contribution in [0, 0.1) is 0 Å². The van der Waals surface area contributed by atoms with Crippen molar-refractivity contribution in [1.29, 1.82) is 0 Å². The summed E-state index contributed by atoms with van der Waals surface area (Å²) in [5.41, 5.74) is 0. The van der Waals surface area contributed by atoms with Gasteiger partial charge in [-0.25, -0.2) is 0 Å². The van der Waals surface area contributed by atoms with E-state index in [9.17, 15) is 14.4 Å². The first-order valence-corrected chi connectivity index (χ1v) is 22.4. The highest BCUT2D eigenvalue weighted by Gasteiger charge is 2.14. The van der Waals surface area contributed by atoms with Crippen LogP contribution in [0.5, 0.6) is 0 Å². The summed E-state index contributed by atoms with van der Waals surface area (Å²) < 4.78 is 6.01. The molecular weight excluding hydrogens is 671 g/mol. The molecule has 310 valence electrons. The maximum atomic E-state index is 12.8. The normalized spacial score (nSPS) is 12.6. The second-order valence-electron chi connectivity index (χ2n) is 14.9. The van der Waals surface area contributed by atoms with Crippen LogP contribution in [0.15, 0.2) is 60.8 Å². The van der Waals surface area contributed by atoms with E-state index in [2.05, 4.69) is 79.9 Å². The van der Waals surface area contributed by atoms with E-state index in [4.69, 9.17) is 9.84 Å². The van der Waals surface area contributed by atoms with Crippen LogP contribution in [0.25, 0.3) is 0 Å². The average Bonchev–Trinajstić information content (AvgIpc) is 3.16. The summed E-state index contributed by atoms with van der Waals surface area (Å²) in [7, 11) is 0. The summed E-state index contributed by atoms with van der Waals surface area (Å²) in [4.78, 5) is 35.1. The van der Waals surface area contributed by atoms with Gasteiger partial charge in [0.25, 0.3) is 0 Å². The van der Waals surface area contributed by atoms with Gasteiger partial charge in [-0.2, -0.15) is 0 Å². The molecule has 2 N–H and O–H groups in total. The molecule has 0 heterocycles. The summed E-state index contributed by atoms with van der Waals surface area (Å²) in [6.45, 7) is 4.18. The molecule has 1 amide bonds. The van der Waals surface area contributed by atoms with Gasteiger partial charge in [-0.3, -0.25) is 14.4 Å². The van der Waals surface area contributed by atoms with E-state index in [1.807, 2.05) is 0 Å². The highest BCUT2D eigenvalue weighted by molar-refractivity contribution is 5.80. The van der Waals surface area contributed by atoms with E-state index in [1.54, 1.807) is 0 Å². The van der Waals surface area contributed by atoms with Gasteiger partial charge in [-0.05, 0) is 103 Å². The van der Waals surface area contributed by atoms with Gasteiger partial charge in [-0.1, -0.05) is 158 Å². The highest BCUT2D eigenvalue weighted by atomic mass is 16.5. The number of carbonyl (C=O) groups is 3. The van der Waals surface area contributed by atoms with Gasteiger partial charge in [0.05, 0.1) is 0 Å². The quantitative estimate of drug-likeness (QED) is 0.0369. The van der Waals surface area contributed by atoms with Gasteiger partial charge in [0.1, 0.15) is 12.6 Å². The molecule has 54 heavy (non-hydrogen) atoms. The van der Waals surface area contributed by atoms with Crippen LogP contribution < -0.4 is 5.32 Å². The summed E-state index contributed by atoms with van der Waals surface area (Å²) in [6, 6.07) is 0. The fourth-order valence-corrected chi connectivity index (χ4v) is 6.32. The van der Waals surface area contributed by atoms with Gasteiger partial charge in [0, 0.05) is 12.8 Å². The molecule has 0 aliphatic carbocycles. The molecule has 1 unspecified atom stereocenters. The summed E-state index contributed by atoms with van der Waals surface area (Å²) in [5, 5.41) is 11.1. The van der Waals surface area contributed by atoms with Crippen molar-refractivity contribution in [3.05, 3.63) is 60.8 Å². The number of ether oxygens (including phenoxy) is 1. The Bertz CT molecular complexity index is 1010. The molecule has 0 aromatic rings. The zero-order valence-electron chi connectivity index (χ0n) is 35.1. The van der Waals surface area contributed by atoms with Crippen molar-refractivity contribution >= 4 is 17.8 Å². The number of rotatable bonds is 40. The summed E-state index contributed by atoms with van der Waals surface area (Å²) in [5.74, 6) is -1.28. The number of nitrogens with one attached hydrogen (secondary N) is 1. The molecule has 0 spiro atoms. The maximum absolute atomic E-state index is 12.8. The number of unbranched alkanes of at least 4 members (excludes halogenated alkanes) is 19. The van der Waals surface area contributed by atoms with Gasteiger partial charge in [0.2, 0.25) is 5.91 Å². The number of carboxylic acid groups (broad SMARTS) is 1. The van der Waals surface area contributed by atoms with Crippen LogP contribution in [-0.4, -0.2) is 35.6 Å². The fourth-order valence-electron chi connectivity index (χ4n) is 6.32. The number of allylic oxidation sites excluding steroid dienone is 10. The van der Waals surface area contributed by atoms with Crippen molar-refractivity contribution in [2.45, 2.75) is 219 Å². The lowest BCUT2D eigenvalue weighted by Gasteiger charge is -2.18. The lowest BCUT2D eigenvalue weighted by Crippen LogP contribution is -2.28. The number of hydrogen-bond donors (Lipinski definition) is 2. The second-order valence-corrected chi connectivity index (χ2v) is 14.9. The lowest BCUT2D eigenvalue weighted by atomic mass is 10.0. The van der Waals surface area contributed by atoms with E-state index >= 15 is 0 Å². The van der Waals surface area contributed by atoms with E-state index in [1.165, 1.54) is 89.9 Å². The van der Waals surface area contributed by atoms with Crippen LogP contribution in [0.2, 0.25) is 0 Å². The molecule has 0 saturated heterocycles. The molecule has 0 saturated carbocycles. The predicted molar refractivity (Wildman–Crippen MR) is 231 cm³/mol. The van der Waals surface area contributed by atoms with Crippen molar-refractivity contribution in [3.63, 3.8) is 0 Å². The summed E-state index contributed by atoms with van der Waals surface area (Å²) >= 11 is 0. The Kier molecular flexibility index (Phi) is 40.6. The molecule has 0 bridgehead atoms. The summed E-state index contributed by atoms with van der Waals surface area (Å²) in [6.07, 6.45) is 56.3. The van der Waals surface area contributed by atoms with Crippen LogP contribution >= 0.6 is 0 Å². The zero-order chi connectivity index (χ0) is 39.4. The predicted octanol–water partition coefficient (Wildman–Crippen LogP) is 14.0. The number of amides is 1. The molecular formula is C48H83NO5. The number of esters is 1. The average molecular weight is 754 g/mol. The number of aliphatic carboxylic acids is 1. The van der Waals surface area contributed by atoms with Crippen molar-refractivity contribution in [1.82, 2.24) is 5.32 Å². The number of hydrogen-bond acceptors (Lipinski definition) is 4. The first kappa shape index (κ1) is 51.1. The topological polar surface area (TPSA) is 92.7 Å². The smallest absolute Gasteiger partial charge is 0.322 e. The first-order chi connectivity index (χ1) is 26.5. The minimum atomic E-state index is -1.02. The largest absolute Gasteiger partial charge is 0.480 e. The first-order valence-electron chi connectivity index (χ1n) is 22.4. The standard InChI is InChI=1S/C48H83NO5/c1-3-5-7-9-11-13-15-17-18-19-20-21-22-24-26-28-30-35-39-43-48(53)54-45(41-37-33-31-34-38-42-46(50)49-44-47(51)52)40-36-32-29-27-25-23-16-14-12-10-8-6-4-2/h11,13,16-18,20-21,23,27,29,45H,3-10,12,14-15,19,22,24-26,28,30-44H2,1-2H3,(H,49,50)(H,51,52)/b13-11-,18-17-,21-20-,23-16-,29-27-. The Labute approximate surface area is 332 Å². The third-order valence-corrected chi connectivity index (χ3v) is 9.66. The molecule has 1 atom stereocenters. The maximum Gasteiger partial charge on any atom is 0.322 e. The van der Waals surface area contributed by atoms with E-state index in [-0.39, 0.29) is 24.5 Å². The minimum absolute atomic E-state index is 0.0268. The third-order valence-electron chi connectivity index (χ3n) is 9.66. The molecule has 0 aromatic carbocycles. The molecule has 0 fully saturated rings. The minimum Gasteiger partial charge on any atom is -0.480 e. The highest BCUT2D eigenvalue weighted by Crippen LogP contribution is 2.18. The van der Waals surface area contributed by atoms with Gasteiger partial charge in [0.15, 0.2) is 0 Å². The molecule has 0 aliphatic rings. The molecule has 6 heteroatoms. The van der Waals surface area contributed by atoms with Gasteiger partial charge >= 0.3 is 11.9 Å². The van der Waals surface area contributed by atoms with Crippen molar-refractivity contribution in [3.8, 4) is 0 Å². The van der Waals surface area contributed by atoms with Crippen LogP contribution in [-0.2, 0) is 19.1 Å². The monoisotopic (exact) mass is 754 g/mol. The van der Waals surface area contributed by atoms with Crippen LogP contribution in [0.3, 0.4) is 0 Å². The number of carboxylic acids is 1. The third kappa shape index (κ3) is 41.9. The SMILES string of the molecule is CCCCC/C=C\C/C=C\C/C=C\CCCCCCCCC(=O)OC(CCC/C=C\C/C=C\CCCCCCC)CCCCCCCC(=O)NCC(=O)O.